The van der Waals surface area contributed by atoms with Crippen LogP contribution < -0.4 is 10.0 Å². The number of nitrogens with zero attached hydrogens (tertiary/aromatic N) is 2. The molecule has 1 atom stereocenters. The topological polar surface area (TPSA) is 99.5 Å². The number of para-hydroxylation sites is 1. The van der Waals surface area contributed by atoms with Gasteiger partial charge >= 0.3 is 0 Å². The van der Waals surface area contributed by atoms with Crippen LogP contribution in [0.1, 0.15) is 17.4 Å². The van der Waals surface area contributed by atoms with E-state index in [0.29, 0.717) is 0 Å². The average molecular weight is 319 g/mol. The number of carboxylic acid groups (broad SMARTS) is 1. The van der Waals surface area contributed by atoms with Crippen molar-refractivity contribution >= 4 is 27.6 Å². The molecule has 0 fully saturated rings. The fourth-order valence-electron chi connectivity index (χ4n) is 2.44. The number of carbonyl (C=O) groups excluding carboxylic acids is 2. The Balaban J connectivity index is 2.39. The number of carbonyl (C=O) groups is 2. The lowest BCUT2D eigenvalue weighted by Gasteiger charge is -2.29. The molecule has 1 aromatic carbocycles. The number of rotatable bonds is 2. The lowest BCUT2D eigenvalue weighted by Crippen LogP contribution is -2.49. The van der Waals surface area contributed by atoms with Gasteiger partial charge in [-0.1, -0.05) is 12.1 Å². The summed E-state index contributed by atoms with van der Waals surface area (Å²) in [5.41, 5.74) is -0.0998. The fourth-order valence-corrected chi connectivity index (χ4v) is 3.97. The number of carboxylic acids is 1. The number of aromatic nitrogens is 1. The molecule has 0 aliphatic carbocycles. The molecule has 0 radical (unpaired) electrons. The molecule has 8 heteroatoms. The quantitative estimate of drug-likeness (QED) is 0.765. The first-order valence-electron chi connectivity index (χ1n) is 6.42. The van der Waals surface area contributed by atoms with Gasteiger partial charge in [0, 0.05) is 6.20 Å². The highest BCUT2D eigenvalue weighted by Gasteiger charge is 2.36. The van der Waals surface area contributed by atoms with Crippen LogP contribution >= 0.6 is 0 Å². The Kier molecular flexibility index (Phi) is 3.06. The first-order chi connectivity index (χ1) is 10.4. The Morgan fingerprint density at radius 3 is 2.55 bits per heavy atom. The van der Waals surface area contributed by atoms with E-state index in [1.807, 2.05) is 0 Å². The zero-order valence-electron chi connectivity index (χ0n) is 11.5. The SMILES string of the molecule is CC(C(=O)[O-])N1C(=O)c2cccn2S(=O)(=O)c2ccccc21. The van der Waals surface area contributed by atoms with Crippen LogP contribution in [-0.4, -0.2) is 30.3 Å². The molecular weight excluding hydrogens is 308 g/mol. The maximum atomic E-state index is 12.7. The monoisotopic (exact) mass is 319 g/mol. The highest BCUT2D eigenvalue weighted by molar-refractivity contribution is 7.90. The normalized spacial score (nSPS) is 17.3. The number of amides is 1. The Hall–Kier alpha value is -2.61. The minimum absolute atomic E-state index is 0.0212. The van der Waals surface area contributed by atoms with Crippen LogP contribution in [0.5, 0.6) is 0 Å². The molecule has 3 rings (SSSR count). The van der Waals surface area contributed by atoms with Gasteiger partial charge in [-0.3, -0.25) is 9.69 Å². The van der Waals surface area contributed by atoms with Crippen LogP contribution in [0.2, 0.25) is 0 Å². The van der Waals surface area contributed by atoms with Gasteiger partial charge in [0.05, 0.1) is 17.7 Å². The molecule has 1 amide bonds. The Morgan fingerprint density at radius 1 is 1.18 bits per heavy atom. The zero-order valence-corrected chi connectivity index (χ0v) is 12.3. The van der Waals surface area contributed by atoms with E-state index in [1.165, 1.54) is 49.5 Å². The molecular formula is C14H11N2O5S-. The minimum atomic E-state index is -3.98. The molecule has 1 unspecified atom stereocenters. The van der Waals surface area contributed by atoms with E-state index in [0.717, 1.165) is 8.87 Å². The number of anilines is 1. The summed E-state index contributed by atoms with van der Waals surface area (Å²) in [4.78, 5) is 24.7. The molecule has 0 saturated heterocycles. The van der Waals surface area contributed by atoms with Crippen molar-refractivity contribution in [3.63, 3.8) is 0 Å². The van der Waals surface area contributed by atoms with Crippen molar-refractivity contribution in [2.75, 3.05) is 4.90 Å². The highest BCUT2D eigenvalue weighted by atomic mass is 32.2. The van der Waals surface area contributed by atoms with Gasteiger partial charge in [0.15, 0.2) is 0 Å². The van der Waals surface area contributed by atoms with Crippen molar-refractivity contribution in [2.24, 2.45) is 0 Å². The molecule has 0 bridgehead atoms. The fraction of sp³-hybridized carbons (Fsp3) is 0.143. The minimum Gasteiger partial charge on any atom is -0.548 e. The third-order valence-corrected chi connectivity index (χ3v) is 5.28. The van der Waals surface area contributed by atoms with E-state index < -0.39 is 27.9 Å². The predicted octanol–water partition coefficient (Wildman–Crippen LogP) is -0.176. The van der Waals surface area contributed by atoms with E-state index in [2.05, 4.69) is 0 Å². The number of hydrogen-bond acceptors (Lipinski definition) is 5. The average Bonchev–Trinajstić information content (AvgIpc) is 2.95. The van der Waals surface area contributed by atoms with Crippen LogP contribution in [0.15, 0.2) is 47.5 Å². The standard InChI is InChI=1S/C14H12N2O5S/c1-9(14(18)19)16-10-5-2-3-7-12(10)22(20,21)15-8-4-6-11(15)13(16)17/h2-9H,1H3,(H,18,19)/p-1. The van der Waals surface area contributed by atoms with Gasteiger partial charge in [-0.05, 0) is 31.2 Å². The number of benzene rings is 1. The van der Waals surface area contributed by atoms with Crippen LogP contribution in [-0.2, 0) is 14.8 Å². The molecule has 2 aromatic rings. The van der Waals surface area contributed by atoms with Gasteiger partial charge in [0.25, 0.3) is 15.9 Å². The molecule has 1 aliphatic heterocycles. The first-order valence-corrected chi connectivity index (χ1v) is 7.86. The lowest BCUT2D eigenvalue weighted by atomic mass is 10.2. The molecule has 7 nitrogen and oxygen atoms in total. The van der Waals surface area contributed by atoms with Crippen LogP contribution in [0.3, 0.4) is 0 Å². The Bertz CT molecular complexity index is 884. The summed E-state index contributed by atoms with van der Waals surface area (Å²) >= 11 is 0. The molecule has 22 heavy (non-hydrogen) atoms. The van der Waals surface area contributed by atoms with Crippen LogP contribution in [0.25, 0.3) is 0 Å². The summed E-state index contributed by atoms with van der Waals surface area (Å²) in [6, 6.07) is 7.22. The van der Waals surface area contributed by atoms with E-state index in [-0.39, 0.29) is 16.3 Å². The van der Waals surface area contributed by atoms with Gasteiger partial charge < -0.3 is 9.90 Å². The second-order valence-electron chi connectivity index (χ2n) is 4.83. The van der Waals surface area contributed by atoms with Gasteiger partial charge in [0.2, 0.25) is 0 Å². The van der Waals surface area contributed by atoms with Gasteiger partial charge in [-0.15, -0.1) is 0 Å². The van der Waals surface area contributed by atoms with Crippen LogP contribution in [0, 0.1) is 0 Å². The van der Waals surface area contributed by atoms with Crippen molar-refractivity contribution in [3.8, 4) is 0 Å². The molecule has 2 heterocycles. The van der Waals surface area contributed by atoms with Crippen molar-refractivity contribution in [1.82, 2.24) is 3.97 Å². The third-order valence-electron chi connectivity index (χ3n) is 3.54. The Labute approximate surface area is 126 Å². The summed E-state index contributed by atoms with van der Waals surface area (Å²) in [5, 5.41) is 11.2. The van der Waals surface area contributed by atoms with Gasteiger partial charge in [-0.2, -0.15) is 0 Å². The van der Waals surface area contributed by atoms with Gasteiger partial charge in [0.1, 0.15) is 10.6 Å². The second-order valence-corrected chi connectivity index (χ2v) is 6.62. The summed E-state index contributed by atoms with van der Waals surface area (Å²) in [6.45, 7) is 1.27. The second kappa shape index (κ2) is 4.70. The molecule has 0 saturated carbocycles. The first kappa shape index (κ1) is 14.3. The lowest BCUT2D eigenvalue weighted by molar-refractivity contribution is -0.306. The van der Waals surface area contributed by atoms with Crippen molar-refractivity contribution in [3.05, 3.63) is 48.3 Å². The largest absolute Gasteiger partial charge is 0.548 e. The van der Waals surface area contributed by atoms with Crippen LogP contribution in [0.4, 0.5) is 5.69 Å². The zero-order chi connectivity index (χ0) is 16.1. The molecule has 114 valence electrons. The van der Waals surface area contributed by atoms with Crippen molar-refractivity contribution in [1.29, 1.82) is 0 Å². The van der Waals surface area contributed by atoms with E-state index in [4.69, 9.17) is 0 Å². The number of hydrogen-bond donors (Lipinski definition) is 0. The highest BCUT2D eigenvalue weighted by Crippen LogP contribution is 2.33. The van der Waals surface area contributed by atoms with Crippen molar-refractivity contribution in [2.45, 2.75) is 17.9 Å². The Morgan fingerprint density at radius 2 is 1.86 bits per heavy atom. The maximum Gasteiger partial charge on any atom is 0.276 e. The number of aliphatic carboxylic acids is 1. The predicted molar refractivity (Wildman–Crippen MR) is 74.7 cm³/mol. The number of fused-ring (bicyclic) bond motifs is 2. The molecule has 1 aromatic heterocycles. The van der Waals surface area contributed by atoms with E-state index in [1.54, 1.807) is 0 Å². The van der Waals surface area contributed by atoms with E-state index >= 15 is 0 Å². The summed E-state index contributed by atoms with van der Waals surface area (Å²) in [5.74, 6) is -2.18. The summed E-state index contributed by atoms with van der Waals surface area (Å²) in [6.07, 6.45) is 1.26. The van der Waals surface area contributed by atoms with Gasteiger partial charge in [-0.25, -0.2) is 12.4 Å². The molecule has 1 aliphatic rings. The third kappa shape index (κ3) is 1.84. The summed E-state index contributed by atoms with van der Waals surface area (Å²) in [7, 11) is -3.98. The van der Waals surface area contributed by atoms with Crippen molar-refractivity contribution < 1.29 is 23.1 Å². The summed E-state index contributed by atoms with van der Waals surface area (Å²) < 4.78 is 26.2. The maximum absolute atomic E-state index is 12.7. The molecule has 0 N–H and O–H groups in total. The smallest absolute Gasteiger partial charge is 0.276 e. The van der Waals surface area contributed by atoms with E-state index in [9.17, 15) is 23.1 Å². The molecule has 0 spiro atoms.